The zero-order valence-corrected chi connectivity index (χ0v) is 8.65. The number of halogens is 2. The lowest BCUT2D eigenvalue weighted by molar-refractivity contribution is -0.384. The normalized spacial score (nSPS) is 9.89. The van der Waals surface area contributed by atoms with E-state index in [1.807, 2.05) is 0 Å². The topological polar surface area (TPSA) is 110 Å². The van der Waals surface area contributed by atoms with Crippen molar-refractivity contribution in [2.45, 2.75) is 6.42 Å². The molecule has 1 aromatic rings. The molecule has 7 nitrogen and oxygen atoms in total. The average molecular weight is 260 g/mol. The Labute approximate surface area is 98.2 Å². The van der Waals surface area contributed by atoms with Gasteiger partial charge in [0.15, 0.2) is 17.3 Å². The minimum absolute atomic E-state index is 0.528. The monoisotopic (exact) mass is 260 g/mol. The molecule has 2 N–H and O–H groups in total. The molecule has 0 aromatic heterocycles. The number of nitrogens with one attached hydrogen (secondary N) is 1. The Morgan fingerprint density at radius 1 is 1.39 bits per heavy atom. The molecule has 0 aliphatic heterocycles. The van der Waals surface area contributed by atoms with Gasteiger partial charge in [-0.25, -0.2) is 8.78 Å². The van der Waals surface area contributed by atoms with Gasteiger partial charge in [-0.1, -0.05) is 0 Å². The van der Waals surface area contributed by atoms with Gasteiger partial charge in [0.25, 0.3) is 5.69 Å². The SMILES string of the molecule is O=C(O)CC(=O)Nc1c([N+](=O)[O-])ccc(F)c1F. The number of carbonyl (C=O) groups is 2. The number of rotatable bonds is 4. The molecule has 0 saturated carbocycles. The van der Waals surface area contributed by atoms with E-state index in [0.29, 0.717) is 12.1 Å². The van der Waals surface area contributed by atoms with E-state index < -0.39 is 46.2 Å². The molecule has 1 amide bonds. The lowest BCUT2D eigenvalue weighted by Crippen LogP contribution is -2.18. The van der Waals surface area contributed by atoms with Gasteiger partial charge in [0, 0.05) is 6.07 Å². The van der Waals surface area contributed by atoms with Gasteiger partial charge < -0.3 is 10.4 Å². The molecule has 1 rings (SSSR count). The van der Waals surface area contributed by atoms with E-state index in [0.717, 1.165) is 0 Å². The highest BCUT2D eigenvalue weighted by atomic mass is 19.2. The van der Waals surface area contributed by atoms with Crippen LogP contribution in [0, 0.1) is 21.7 Å². The summed E-state index contributed by atoms with van der Waals surface area (Å²) >= 11 is 0. The van der Waals surface area contributed by atoms with Crippen molar-refractivity contribution >= 4 is 23.3 Å². The third kappa shape index (κ3) is 2.97. The summed E-state index contributed by atoms with van der Waals surface area (Å²) in [5.74, 6) is -5.73. The van der Waals surface area contributed by atoms with Gasteiger partial charge in [0.2, 0.25) is 5.91 Å². The smallest absolute Gasteiger partial charge is 0.312 e. The van der Waals surface area contributed by atoms with E-state index in [4.69, 9.17) is 5.11 Å². The first-order valence-corrected chi connectivity index (χ1v) is 4.47. The van der Waals surface area contributed by atoms with Gasteiger partial charge in [-0.3, -0.25) is 19.7 Å². The van der Waals surface area contributed by atoms with Crippen molar-refractivity contribution < 1.29 is 28.4 Å². The van der Waals surface area contributed by atoms with Crippen molar-refractivity contribution in [3.63, 3.8) is 0 Å². The van der Waals surface area contributed by atoms with Crippen LogP contribution in [0.4, 0.5) is 20.2 Å². The van der Waals surface area contributed by atoms with Crippen LogP contribution in [0.15, 0.2) is 12.1 Å². The van der Waals surface area contributed by atoms with Crippen molar-refractivity contribution in [2.75, 3.05) is 5.32 Å². The largest absolute Gasteiger partial charge is 0.481 e. The van der Waals surface area contributed by atoms with Crippen LogP contribution < -0.4 is 5.32 Å². The fourth-order valence-electron chi connectivity index (χ4n) is 1.13. The summed E-state index contributed by atoms with van der Waals surface area (Å²) in [6.45, 7) is 0. The predicted molar refractivity (Wildman–Crippen MR) is 53.9 cm³/mol. The van der Waals surface area contributed by atoms with E-state index in [-0.39, 0.29) is 0 Å². The minimum Gasteiger partial charge on any atom is -0.481 e. The number of anilines is 1. The molecule has 0 atom stereocenters. The Hall–Kier alpha value is -2.58. The maximum absolute atomic E-state index is 13.3. The highest BCUT2D eigenvalue weighted by Gasteiger charge is 2.23. The third-order valence-corrected chi connectivity index (χ3v) is 1.85. The van der Waals surface area contributed by atoms with E-state index in [1.54, 1.807) is 5.32 Å². The van der Waals surface area contributed by atoms with Gasteiger partial charge in [-0.2, -0.15) is 0 Å². The van der Waals surface area contributed by atoms with Crippen LogP contribution in [-0.2, 0) is 9.59 Å². The number of nitro groups is 1. The second-order valence-electron chi connectivity index (χ2n) is 3.13. The van der Waals surface area contributed by atoms with Crippen LogP contribution in [0.5, 0.6) is 0 Å². The number of amides is 1. The molecule has 9 heteroatoms. The van der Waals surface area contributed by atoms with Crippen molar-refractivity contribution in [3.8, 4) is 0 Å². The number of benzene rings is 1. The van der Waals surface area contributed by atoms with E-state index in [9.17, 15) is 28.5 Å². The lowest BCUT2D eigenvalue weighted by atomic mass is 10.2. The van der Waals surface area contributed by atoms with Crippen LogP contribution in [0.1, 0.15) is 6.42 Å². The Bertz CT molecular complexity index is 532. The predicted octanol–water partition coefficient (Wildman–Crippen LogP) is 1.29. The maximum Gasteiger partial charge on any atom is 0.312 e. The van der Waals surface area contributed by atoms with Gasteiger partial charge in [0.1, 0.15) is 6.42 Å². The molecule has 1 aromatic carbocycles. The molecule has 96 valence electrons. The minimum atomic E-state index is -1.62. The number of nitro benzene ring substituents is 1. The molecule has 0 radical (unpaired) electrons. The molecular formula is C9H6F2N2O5. The fraction of sp³-hybridized carbons (Fsp3) is 0.111. The number of aliphatic carboxylic acids is 1. The molecule has 0 saturated heterocycles. The van der Waals surface area contributed by atoms with E-state index >= 15 is 0 Å². The summed E-state index contributed by atoms with van der Waals surface area (Å²) in [4.78, 5) is 30.8. The summed E-state index contributed by atoms with van der Waals surface area (Å²) in [6, 6.07) is 1.19. The van der Waals surface area contributed by atoms with Gasteiger partial charge in [0.05, 0.1) is 4.92 Å². The van der Waals surface area contributed by atoms with Gasteiger partial charge in [-0.15, -0.1) is 0 Å². The number of carboxylic acids is 1. The quantitative estimate of drug-likeness (QED) is 0.481. The van der Waals surface area contributed by atoms with E-state index in [2.05, 4.69) is 0 Å². The van der Waals surface area contributed by atoms with Gasteiger partial charge in [-0.05, 0) is 6.07 Å². The number of nitrogens with zero attached hydrogens (tertiary/aromatic N) is 1. The number of carboxylic acid groups (broad SMARTS) is 1. The summed E-state index contributed by atoms with van der Waals surface area (Å²) in [6.07, 6.45) is -1.02. The molecule has 0 aliphatic rings. The molecule has 0 fully saturated rings. The molecular weight excluding hydrogens is 254 g/mol. The highest BCUT2D eigenvalue weighted by molar-refractivity contribution is 6.02. The Balaban J connectivity index is 3.13. The first-order valence-electron chi connectivity index (χ1n) is 4.47. The Morgan fingerprint density at radius 3 is 2.50 bits per heavy atom. The van der Waals surface area contributed by atoms with Crippen molar-refractivity contribution in [3.05, 3.63) is 33.9 Å². The Kier molecular flexibility index (Phi) is 3.87. The molecule has 0 heterocycles. The van der Waals surface area contributed by atoms with Crippen molar-refractivity contribution in [2.24, 2.45) is 0 Å². The molecule has 18 heavy (non-hydrogen) atoms. The Morgan fingerprint density at radius 2 is 2.00 bits per heavy atom. The zero-order chi connectivity index (χ0) is 13.9. The molecule has 0 bridgehead atoms. The number of hydrogen-bond donors (Lipinski definition) is 2. The number of hydrogen-bond acceptors (Lipinski definition) is 4. The van der Waals surface area contributed by atoms with Crippen LogP contribution in [0.2, 0.25) is 0 Å². The summed E-state index contributed by atoms with van der Waals surface area (Å²) in [7, 11) is 0. The molecule has 0 spiro atoms. The van der Waals surface area contributed by atoms with Gasteiger partial charge >= 0.3 is 5.97 Å². The first-order chi connectivity index (χ1) is 8.32. The molecule has 0 aliphatic carbocycles. The summed E-state index contributed by atoms with van der Waals surface area (Å²) in [5.41, 5.74) is -1.86. The number of carbonyl (C=O) groups excluding carboxylic acids is 1. The lowest BCUT2D eigenvalue weighted by Gasteiger charge is -2.06. The van der Waals surface area contributed by atoms with Crippen LogP contribution in [-0.4, -0.2) is 21.9 Å². The standard InChI is InChI=1S/C9H6F2N2O5/c10-4-1-2-5(13(17)18)9(8(4)11)12-6(14)3-7(15)16/h1-2H,3H2,(H,12,14)(H,15,16). The highest BCUT2D eigenvalue weighted by Crippen LogP contribution is 2.29. The van der Waals surface area contributed by atoms with E-state index in [1.165, 1.54) is 0 Å². The van der Waals surface area contributed by atoms with Crippen LogP contribution in [0.25, 0.3) is 0 Å². The van der Waals surface area contributed by atoms with Crippen molar-refractivity contribution in [1.82, 2.24) is 0 Å². The third-order valence-electron chi connectivity index (χ3n) is 1.85. The second kappa shape index (κ2) is 5.17. The fourth-order valence-corrected chi connectivity index (χ4v) is 1.13. The maximum atomic E-state index is 13.3. The molecule has 0 unspecified atom stereocenters. The zero-order valence-electron chi connectivity index (χ0n) is 8.65. The van der Waals surface area contributed by atoms with Crippen molar-refractivity contribution in [1.29, 1.82) is 0 Å². The summed E-state index contributed by atoms with van der Waals surface area (Å²) in [5, 5.41) is 20.5. The summed E-state index contributed by atoms with van der Waals surface area (Å²) < 4.78 is 26.1. The first kappa shape index (κ1) is 13.5. The average Bonchev–Trinajstić information content (AvgIpc) is 2.23. The second-order valence-corrected chi connectivity index (χ2v) is 3.13. The van der Waals surface area contributed by atoms with Crippen LogP contribution >= 0.6 is 0 Å². The van der Waals surface area contributed by atoms with Crippen LogP contribution in [0.3, 0.4) is 0 Å².